The molecule has 0 aliphatic carbocycles. The van der Waals surface area contributed by atoms with Crippen LogP contribution in [0.2, 0.25) is 0 Å². The second-order valence-corrected chi connectivity index (χ2v) is 5.39. The van der Waals surface area contributed by atoms with Gasteiger partial charge in [-0.25, -0.2) is 4.39 Å². The average Bonchev–Trinajstić information content (AvgIpc) is 2.39. The highest BCUT2D eigenvalue weighted by Crippen LogP contribution is 2.22. The van der Waals surface area contributed by atoms with Gasteiger partial charge in [-0.2, -0.15) is 0 Å². The van der Waals surface area contributed by atoms with Crippen molar-refractivity contribution in [2.45, 2.75) is 25.7 Å². The molecule has 0 bridgehead atoms. The second-order valence-electron chi connectivity index (χ2n) is 5.39. The number of nitrogens with zero attached hydrogens (tertiary/aromatic N) is 1. The summed E-state index contributed by atoms with van der Waals surface area (Å²) < 4.78 is 12.9. The van der Waals surface area contributed by atoms with Gasteiger partial charge in [0.25, 0.3) is 0 Å². The zero-order valence-corrected chi connectivity index (χ0v) is 11.2. The van der Waals surface area contributed by atoms with Crippen LogP contribution in [0, 0.1) is 11.7 Å². The lowest BCUT2D eigenvalue weighted by Crippen LogP contribution is -2.40. The molecule has 1 aromatic carbocycles. The Kier molecular flexibility index (Phi) is 4.53. The normalized spacial score (nSPS) is 22.1. The molecule has 2 atom stereocenters. The third-order valence-electron chi connectivity index (χ3n) is 3.83. The number of aliphatic carboxylic acids is 1. The minimum absolute atomic E-state index is 0.222. The number of hydrogen-bond donors (Lipinski definition) is 1. The first-order chi connectivity index (χ1) is 9.06. The molecule has 0 amide bonds. The van der Waals surface area contributed by atoms with Gasteiger partial charge in [-0.05, 0) is 43.0 Å². The van der Waals surface area contributed by atoms with E-state index < -0.39 is 5.97 Å². The number of piperidine rings is 1. The first-order valence-electron chi connectivity index (χ1n) is 6.77. The molecule has 1 aliphatic heterocycles. The molecular weight excluding hydrogens is 245 g/mol. The predicted molar refractivity (Wildman–Crippen MR) is 71.6 cm³/mol. The van der Waals surface area contributed by atoms with Crippen molar-refractivity contribution in [2.24, 2.45) is 5.92 Å². The molecule has 1 fully saturated rings. The highest BCUT2D eigenvalue weighted by molar-refractivity contribution is 5.70. The topological polar surface area (TPSA) is 40.5 Å². The fourth-order valence-electron chi connectivity index (χ4n) is 2.71. The molecule has 0 aromatic heterocycles. The third kappa shape index (κ3) is 3.77. The first-order valence-corrected chi connectivity index (χ1v) is 6.77. The van der Waals surface area contributed by atoms with Crippen molar-refractivity contribution in [3.8, 4) is 0 Å². The Bertz CT molecular complexity index is 432. The van der Waals surface area contributed by atoms with Gasteiger partial charge in [0.15, 0.2) is 0 Å². The van der Waals surface area contributed by atoms with Crippen LogP contribution in [0.5, 0.6) is 0 Å². The van der Waals surface area contributed by atoms with Crippen molar-refractivity contribution in [2.75, 3.05) is 19.6 Å². The lowest BCUT2D eigenvalue weighted by molar-refractivity contribution is -0.143. The van der Waals surface area contributed by atoms with Gasteiger partial charge in [-0.3, -0.25) is 4.79 Å². The largest absolute Gasteiger partial charge is 0.481 e. The maximum absolute atomic E-state index is 12.9. The van der Waals surface area contributed by atoms with Crippen molar-refractivity contribution in [1.82, 2.24) is 4.90 Å². The molecule has 1 aliphatic rings. The lowest BCUT2D eigenvalue weighted by Gasteiger charge is -2.32. The standard InChI is InChI=1S/C15H20FNO2/c1-11(12-4-6-14(16)7-5-12)9-17-8-2-3-13(10-17)15(18)19/h4-7,11,13H,2-3,8-10H2,1H3,(H,18,19). The Morgan fingerprint density at radius 1 is 1.47 bits per heavy atom. The maximum Gasteiger partial charge on any atom is 0.307 e. The van der Waals surface area contributed by atoms with Crippen molar-refractivity contribution in [1.29, 1.82) is 0 Å². The van der Waals surface area contributed by atoms with Crippen LogP contribution in [0.3, 0.4) is 0 Å². The van der Waals surface area contributed by atoms with Crippen molar-refractivity contribution in [3.63, 3.8) is 0 Å². The van der Waals surface area contributed by atoms with Crippen molar-refractivity contribution >= 4 is 5.97 Å². The zero-order chi connectivity index (χ0) is 13.8. The van der Waals surface area contributed by atoms with Gasteiger partial charge in [0.1, 0.15) is 5.82 Å². The lowest BCUT2D eigenvalue weighted by atomic mass is 9.95. The minimum Gasteiger partial charge on any atom is -0.481 e. The van der Waals surface area contributed by atoms with Gasteiger partial charge in [0.2, 0.25) is 0 Å². The Hall–Kier alpha value is -1.42. The zero-order valence-electron chi connectivity index (χ0n) is 11.2. The number of carboxylic acid groups (broad SMARTS) is 1. The summed E-state index contributed by atoms with van der Waals surface area (Å²) in [5.74, 6) is -0.874. The molecule has 3 nitrogen and oxygen atoms in total. The van der Waals surface area contributed by atoms with Crippen molar-refractivity contribution in [3.05, 3.63) is 35.6 Å². The molecule has 19 heavy (non-hydrogen) atoms. The predicted octanol–water partition coefficient (Wildman–Crippen LogP) is 2.73. The fraction of sp³-hybridized carbons (Fsp3) is 0.533. The second kappa shape index (κ2) is 6.15. The van der Waals surface area contributed by atoms with Crippen LogP contribution >= 0.6 is 0 Å². The number of rotatable bonds is 4. The van der Waals surface area contributed by atoms with Gasteiger partial charge < -0.3 is 10.0 Å². The molecule has 0 spiro atoms. The summed E-state index contributed by atoms with van der Waals surface area (Å²) in [4.78, 5) is 13.2. The Morgan fingerprint density at radius 3 is 2.79 bits per heavy atom. The van der Waals surface area contributed by atoms with Gasteiger partial charge >= 0.3 is 5.97 Å². The number of carbonyl (C=O) groups is 1. The number of benzene rings is 1. The molecular formula is C15H20FNO2. The molecule has 104 valence electrons. The number of likely N-dealkylation sites (tertiary alicyclic amines) is 1. The quantitative estimate of drug-likeness (QED) is 0.910. The van der Waals surface area contributed by atoms with Gasteiger partial charge in [0.05, 0.1) is 5.92 Å². The van der Waals surface area contributed by atoms with Crippen LogP contribution in [0.4, 0.5) is 4.39 Å². The van der Waals surface area contributed by atoms with Gasteiger partial charge in [0, 0.05) is 13.1 Å². The van der Waals surface area contributed by atoms with Crippen LogP contribution < -0.4 is 0 Å². The van der Waals surface area contributed by atoms with E-state index >= 15 is 0 Å². The van der Waals surface area contributed by atoms with E-state index in [1.165, 1.54) is 12.1 Å². The van der Waals surface area contributed by atoms with Crippen LogP contribution in [0.25, 0.3) is 0 Å². The van der Waals surface area contributed by atoms with E-state index in [9.17, 15) is 9.18 Å². The monoisotopic (exact) mass is 265 g/mol. The van der Waals surface area contributed by atoms with Crippen LogP contribution in [-0.2, 0) is 4.79 Å². The molecule has 1 aromatic rings. The summed E-state index contributed by atoms with van der Waals surface area (Å²) in [5.41, 5.74) is 1.10. The Balaban J connectivity index is 1.93. The van der Waals surface area contributed by atoms with E-state index in [1.54, 1.807) is 12.1 Å². The van der Waals surface area contributed by atoms with Gasteiger partial charge in [-0.15, -0.1) is 0 Å². The third-order valence-corrected chi connectivity index (χ3v) is 3.83. The molecule has 1 heterocycles. The molecule has 1 N–H and O–H groups in total. The van der Waals surface area contributed by atoms with E-state index in [2.05, 4.69) is 11.8 Å². The molecule has 4 heteroatoms. The molecule has 2 rings (SSSR count). The average molecular weight is 265 g/mol. The molecule has 1 saturated heterocycles. The maximum atomic E-state index is 12.9. The van der Waals surface area contributed by atoms with Gasteiger partial charge in [-0.1, -0.05) is 19.1 Å². The van der Waals surface area contributed by atoms with Crippen LogP contribution in [0.15, 0.2) is 24.3 Å². The Labute approximate surface area is 113 Å². The highest BCUT2D eigenvalue weighted by Gasteiger charge is 2.26. The van der Waals surface area contributed by atoms with E-state index in [4.69, 9.17) is 5.11 Å². The summed E-state index contributed by atoms with van der Waals surface area (Å²) in [6.07, 6.45) is 1.71. The van der Waals surface area contributed by atoms with E-state index in [0.29, 0.717) is 6.54 Å². The number of hydrogen-bond acceptors (Lipinski definition) is 2. The molecule has 0 radical (unpaired) electrons. The summed E-state index contributed by atoms with van der Waals surface area (Å²) in [6, 6.07) is 6.56. The smallest absolute Gasteiger partial charge is 0.307 e. The summed E-state index contributed by atoms with van der Waals surface area (Å²) in [6.45, 7) is 4.50. The van der Waals surface area contributed by atoms with Crippen molar-refractivity contribution < 1.29 is 14.3 Å². The van der Waals surface area contributed by atoms with Crippen LogP contribution in [-0.4, -0.2) is 35.6 Å². The Morgan fingerprint density at radius 2 is 2.16 bits per heavy atom. The first kappa shape index (κ1) is 14.0. The fourth-order valence-corrected chi connectivity index (χ4v) is 2.71. The molecule has 0 saturated carbocycles. The molecule has 2 unspecified atom stereocenters. The summed E-state index contributed by atoms with van der Waals surface area (Å²) in [7, 11) is 0. The van der Waals surface area contributed by atoms with E-state index in [-0.39, 0.29) is 17.7 Å². The SMILES string of the molecule is CC(CN1CCCC(C(=O)O)C1)c1ccc(F)cc1. The number of halogens is 1. The summed E-state index contributed by atoms with van der Waals surface area (Å²) >= 11 is 0. The highest BCUT2D eigenvalue weighted by atomic mass is 19.1. The number of carboxylic acids is 1. The minimum atomic E-state index is -0.695. The summed E-state index contributed by atoms with van der Waals surface area (Å²) in [5, 5.41) is 9.07. The van der Waals surface area contributed by atoms with E-state index in [0.717, 1.165) is 31.5 Å². The van der Waals surface area contributed by atoms with Crippen LogP contribution in [0.1, 0.15) is 31.2 Å². The van der Waals surface area contributed by atoms with E-state index in [1.807, 2.05) is 0 Å².